The first-order valence-corrected chi connectivity index (χ1v) is 8.33. The molecule has 0 saturated heterocycles. The predicted octanol–water partition coefficient (Wildman–Crippen LogP) is 2.22. The van der Waals surface area contributed by atoms with Crippen molar-refractivity contribution in [2.45, 2.75) is 34.6 Å². The molecule has 0 aliphatic heterocycles. The van der Waals surface area contributed by atoms with Crippen LogP contribution < -0.4 is 0 Å². The summed E-state index contributed by atoms with van der Waals surface area (Å²) in [5, 5.41) is 8.54. The Morgan fingerprint density at radius 1 is 1.12 bits per heavy atom. The van der Waals surface area contributed by atoms with Gasteiger partial charge in [-0.1, -0.05) is 17.7 Å². The van der Waals surface area contributed by atoms with Crippen LogP contribution in [0.15, 0.2) is 18.2 Å². The molecule has 0 saturated carbocycles. The number of esters is 1. The summed E-state index contributed by atoms with van der Waals surface area (Å²) in [6.07, 6.45) is 0. The summed E-state index contributed by atoms with van der Waals surface area (Å²) in [7, 11) is 0. The van der Waals surface area contributed by atoms with E-state index in [1.54, 1.807) is 11.8 Å². The van der Waals surface area contributed by atoms with Gasteiger partial charge in [0, 0.05) is 13.1 Å². The van der Waals surface area contributed by atoms with E-state index in [2.05, 4.69) is 10.2 Å². The Kier molecular flexibility index (Phi) is 5.90. The molecule has 1 aromatic carbocycles. The van der Waals surface area contributed by atoms with Crippen molar-refractivity contribution in [3.8, 4) is 5.69 Å². The van der Waals surface area contributed by atoms with Crippen LogP contribution in [0.5, 0.6) is 0 Å². The van der Waals surface area contributed by atoms with Gasteiger partial charge in [-0.2, -0.15) is 9.90 Å². The molecule has 1 heterocycles. The van der Waals surface area contributed by atoms with E-state index in [0.717, 1.165) is 16.8 Å². The molecular formula is C18H24N4O3. The largest absolute Gasteiger partial charge is 0.451 e. The smallest absolute Gasteiger partial charge is 0.361 e. The van der Waals surface area contributed by atoms with Crippen molar-refractivity contribution >= 4 is 11.9 Å². The number of rotatable bonds is 6. The average Bonchev–Trinajstić information content (AvgIpc) is 2.95. The van der Waals surface area contributed by atoms with Crippen molar-refractivity contribution in [3.63, 3.8) is 0 Å². The Labute approximate surface area is 147 Å². The molecule has 0 fully saturated rings. The number of carbonyl (C=O) groups excluding carboxylic acids is 2. The van der Waals surface area contributed by atoms with Crippen LogP contribution in [0.1, 0.15) is 41.2 Å². The molecule has 134 valence electrons. The van der Waals surface area contributed by atoms with Crippen molar-refractivity contribution in [1.82, 2.24) is 19.9 Å². The fraction of sp³-hybridized carbons (Fsp3) is 0.444. The highest BCUT2D eigenvalue weighted by atomic mass is 16.5. The Hall–Kier alpha value is -2.70. The van der Waals surface area contributed by atoms with Crippen LogP contribution in [0.25, 0.3) is 5.69 Å². The second-order valence-corrected chi connectivity index (χ2v) is 5.86. The van der Waals surface area contributed by atoms with Crippen LogP contribution in [0.3, 0.4) is 0 Å². The average molecular weight is 344 g/mol. The van der Waals surface area contributed by atoms with E-state index in [-0.39, 0.29) is 18.2 Å². The molecule has 0 unspecified atom stereocenters. The van der Waals surface area contributed by atoms with Crippen LogP contribution in [-0.2, 0) is 9.53 Å². The van der Waals surface area contributed by atoms with E-state index >= 15 is 0 Å². The van der Waals surface area contributed by atoms with Gasteiger partial charge in [0.1, 0.15) is 0 Å². The molecule has 2 aromatic rings. The topological polar surface area (TPSA) is 77.3 Å². The number of amides is 1. The van der Waals surface area contributed by atoms with Gasteiger partial charge < -0.3 is 9.64 Å². The summed E-state index contributed by atoms with van der Waals surface area (Å²) < 4.78 is 5.11. The van der Waals surface area contributed by atoms with Crippen molar-refractivity contribution in [2.24, 2.45) is 0 Å². The van der Waals surface area contributed by atoms with Gasteiger partial charge in [0.2, 0.25) is 0 Å². The summed E-state index contributed by atoms with van der Waals surface area (Å²) in [5.74, 6) is -0.869. The summed E-state index contributed by atoms with van der Waals surface area (Å²) in [6, 6.07) is 5.89. The van der Waals surface area contributed by atoms with E-state index in [0.29, 0.717) is 18.8 Å². The molecule has 0 N–H and O–H groups in total. The van der Waals surface area contributed by atoms with E-state index in [9.17, 15) is 9.59 Å². The third kappa shape index (κ3) is 4.23. The van der Waals surface area contributed by atoms with E-state index in [4.69, 9.17) is 4.74 Å². The Morgan fingerprint density at radius 3 is 2.40 bits per heavy atom. The summed E-state index contributed by atoms with van der Waals surface area (Å²) in [6.45, 7) is 10.3. The lowest BCUT2D eigenvalue weighted by Crippen LogP contribution is -2.34. The quantitative estimate of drug-likeness (QED) is 0.751. The molecule has 1 aromatic heterocycles. The van der Waals surface area contributed by atoms with Crippen molar-refractivity contribution in [1.29, 1.82) is 0 Å². The molecule has 1 amide bonds. The van der Waals surface area contributed by atoms with Gasteiger partial charge in [-0.25, -0.2) is 4.79 Å². The van der Waals surface area contributed by atoms with E-state index in [1.807, 2.05) is 45.9 Å². The van der Waals surface area contributed by atoms with Gasteiger partial charge in [0.15, 0.2) is 12.3 Å². The Morgan fingerprint density at radius 2 is 1.80 bits per heavy atom. The van der Waals surface area contributed by atoms with Crippen LogP contribution >= 0.6 is 0 Å². The highest BCUT2D eigenvalue weighted by molar-refractivity contribution is 5.90. The highest BCUT2D eigenvalue weighted by Crippen LogP contribution is 2.15. The maximum Gasteiger partial charge on any atom is 0.361 e. The second kappa shape index (κ2) is 7.92. The minimum absolute atomic E-state index is 0.118. The second-order valence-electron chi connectivity index (χ2n) is 5.86. The van der Waals surface area contributed by atoms with Gasteiger partial charge in [0.05, 0.1) is 11.4 Å². The number of hydrogen-bond acceptors (Lipinski definition) is 5. The first kappa shape index (κ1) is 18.6. The van der Waals surface area contributed by atoms with Crippen LogP contribution in [0.2, 0.25) is 0 Å². The summed E-state index contributed by atoms with van der Waals surface area (Å²) in [4.78, 5) is 27.2. The van der Waals surface area contributed by atoms with Gasteiger partial charge in [-0.15, -0.1) is 5.10 Å². The SMILES string of the molecule is CCN(CC)C(=O)COC(=O)c1nn(-c2ccc(C)cc2C)nc1C. The third-order valence-electron chi connectivity index (χ3n) is 3.99. The van der Waals surface area contributed by atoms with Crippen molar-refractivity contribution in [3.05, 3.63) is 40.7 Å². The minimum Gasteiger partial charge on any atom is -0.451 e. The number of carbonyl (C=O) groups is 2. The fourth-order valence-electron chi connectivity index (χ4n) is 2.57. The molecule has 2 rings (SSSR count). The third-order valence-corrected chi connectivity index (χ3v) is 3.99. The Balaban J connectivity index is 2.14. The molecule has 7 nitrogen and oxygen atoms in total. The first-order chi connectivity index (χ1) is 11.9. The lowest BCUT2D eigenvalue weighted by molar-refractivity contribution is -0.134. The van der Waals surface area contributed by atoms with Gasteiger partial charge in [0.25, 0.3) is 5.91 Å². The number of benzene rings is 1. The lowest BCUT2D eigenvalue weighted by atomic mass is 10.1. The maximum atomic E-state index is 12.2. The van der Waals surface area contributed by atoms with E-state index in [1.165, 1.54) is 4.80 Å². The van der Waals surface area contributed by atoms with Gasteiger partial charge in [-0.3, -0.25) is 4.79 Å². The van der Waals surface area contributed by atoms with Gasteiger partial charge in [-0.05, 0) is 46.2 Å². The first-order valence-electron chi connectivity index (χ1n) is 8.33. The number of aromatic nitrogens is 3. The fourth-order valence-corrected chi connectivity index (χ4v) is 2.57. The standard InChI is InChI=1S/C18H24N4O3/c1-6-21(7-2)16(23)11-25-18(24)17-14(5)19-22(20-17)15-9-8-12(3)10-13(15)4/h8-10H,6-7,11H2,1-5H3. The molecule has 7 heteroatoms. The molecular weight excluding hydrogens is 320 g/mol. The molecule has 0 radical (unpaired) electrons. The number of hydrogen-bond donors (Lipinski definition) is 0. The van der Waals surface area contributed by atoms with Crippen molar-refractivity contribution in [2.75, 3.05) is 19.7 Å². The van der Waals surface area contributed by atoms with E-state index < -0.39 is 5.97 Å². The van der Waals surface area contributed by atoms with Crippen LogP contribution in [0, 0.1) is 20.8 Å². The van der Waals surface area contributed by atoms with Crippen LogP contribution in [-0.4, -0.2) is 51.5 Å². The van der Waals surface area contributed by atoms with Gasteiger partial charge >= 0.3 is 5.97 Å². The zero-order chi connectivity index (χ0) is 18.6. The minimum atomic E-state index is -0.644. The predicted molar refractivity (Wildman–Crippen MR) is 93.8 cm³/mol. The van der Waals surface area contributed by atoms with Crippen molar-refractivity contribution < 1.29 is 14.3 Å². The number of nitrogens with zero attached hydrogens (tertiary/aromatic N) is 4. The number of aryl methyl sites for hydroxylation is 3. The molecule has 0 bridgehead atoms. The molecule has 25 heavy (non-hydrogen) atoms. The molecule has 0 aliphatic carbocycles. The number of ether oxygens (including phenoxy) is 1. The summed E-state index contributed by atoms with van der Waals surface area (Å²) in [5.41, 5.74) is 3.52. The lowest BCUT2D eigenvalue weighted by Gasteiger charge is -2.17. The normalized spacial score (nSPS) is 10.6. The molecule has 0 spiro atoms. The van der Waals surface area contributed by atoms with Crippen LogP contribution in [0.4, 0.5) is 0 Å². The monoisotopic (exact) mass is 344 g/mol. The maximum absolute atomic E-state index is 12.2. The zero-order valence-corrected chi connectivity index (χ0v) is 15.4. The summed E-state index contributed by atoms with van der Waals surface area (Å²) >= 11 is 0. The zero-order valence-electron chi connectivity index (χ0n) is 15.4. The molecule has 0 aliphatic rings. The highest BCUT2D eigenvalue weighted by Gasteiger charge is 2.20. The Bertz CT molecular complexity index is 779. The number of likely N-dealkylation sites (N-methyl/N-ethyl adjacent to an activating group) is 1. The molecule has 0 atom stereocenters.